The maximum absolute atomic E-state index is 6.00. The smallest absolute Gasteiger partial charge is 0.105 e. The Morgan fingerprint density at radius 2 is 2.10 bits per heavy atom. The molecule has 2 saturated heterocycles. The van der Waals surface area contributed by atoms with Crippen LogP contribution < -0.4 is 5.73 Å². The molecule has 0 aliphatic carbocycles. The van der Waals surface area contributed by atoms with Gasteiger partial charge in [-0.25, -0.2) is 0 Å². The van der Waals surface area contributed by atoms with Crippen LogP contribution >= 0.6 is 0 Å². The summed E-state index contributed by atoms with van der Waals surface area (Å²) in [6, 6.07) is 5.79. The van der Waals surface area contributed by atoms with E-state index in [2.05, 4.69) is 22.8 Å². The van der Waals surface area contributed by atoms with Crippen LogP contribution in [-0.2, 0) is 6.42 Å². The summed E-state index contributed by atoms with van der Waals surface area (Å²) < 4.78 is 5.47. The van der Waals surface area contributed by atoms with E-state index >= 15 is 0 Å². The molecular formula is C16H27N3O. The van der Waals surface area contributed by atoms with Crippen molar-refractivity contribution in [1.29, 1.82) is 0 Å². The van der Waals surface area contributed by atoms with Crippen molar-refractivity contribution in [2.45, 2.75) is 50.7 Å². The Morgan fingerprint density at radius 3 is 2.80 bits per heavy atom. The van der Waals surface area contributed by atoms with Crippen molar-refractivity contribution < 1.29 is 4.42 Å². The first-order chi connectivity index (χ1) is 9.72. The molecule has 2 aliphatic rings. The summed E-state index contributed by atoms with van der Waals surface area (Å²) in [6.07, 6.45) is 6.42. The highest BCUT2D eigenvalue weighted by Gasteiger charge is 2.31. The highest BCUT2D eigenvalue weighted by atomic mass is 16.3. The van der Waals surface area contributed by atoms with Crippen LogP contribution in [0.25, 0.3) is 0 Å². The largest absolute Gasteiger partial charge is 0.469 e. The molecule has 2 atom stereocenters. The van der Waals surface area contributed by atoms with Crippen LogP contribution in [0.2, 0.25) is 0 Å². The standard InChI is InChI=1S/C16H27N3O/c1-13(11-16-3-2-10-20-16)19-9-6-15(12-19)18-7-4-14(17)5-8-18/h2-3,10,13-15H,4-9,11-12,17H2,1H3. The first-order valence-electron chi connectivity index (χ1n) is 7.98. The Balaban J connectivity index is 1.49. The molecular weight excluding hydrogens is 250 g/mol. The summed E-state index contributed by atoms with van der Waals surface area (Å²) in [5.74, 6) is 1.10. The number of hydrogen-bond acceptors (Lipinski definition) is 4. The summed E-state index contributed by atoms with van der Waals surface area (Å²) in [6.45, 7) is 7.11. The molecule has 0 spiro atoms. The first-order valence-corrected chi connectivity index (χ1v) is 7.98. The topological polar surface area (TPSA) is 45.6 Å². The molecule has 0 saturated carbocycles. The fourth-order valence-electron chi connectivity index (χ4n) is 3.60. The Labute approximate surface area is 121 Å². The van der Waals surface area contributed by atoms with Gasteiger partial charge in [-0.2, -0.15) is 0 Å². The minimum Gasteiger partial charge on any atom is -0.469 e. The minimum atomic E-state index is 0.432. The molecule has 2 aliphatic heterocycles. The zero-order valence-corrected chi connectivity index (χ0v) is 12.5. The molecule has 1 aromatic rings. The molecule has 3 rings (SSSR count). The van der Waals surface area contributed by atoms with Gasteiger partial charge >= 0.3 is 0 Å². The number of likely N-dealkylation sites (tertiary alicyclic amines) is 2. The monoisotopic (exact) mass is 277 g/mol. The van der Waals surface area contributed by atoms with Gasteiger partial charge in [-0.1, -0.05) is 0 Å². The van der Waals surface area contributed by atoms with Crippen LogP contribution in [-0.4, -0.2) is 54.1 Å². The number of piperidine rings is 1. The fraction of sp³-hybridized carbons (Fsp3) is 0.750. The third-order valence-corrected chi connectivity index (χ3v) is 4.99. The van der Waals surface area contributed by atoms with E-state index in [1.54, 1.807) is 6.26 Å². The van der Waals surface area contributed by atoms with Gasteiger partial charge in [0.25, 0.3) is 0 Å². The molecule has 4 heteroatoms. The molecule has 2 unspecified atom stereocenters. The van der Waals surface area contributed by atoms with Gasteiger partial charge in [0.2, 0.25) is 0 Å². The second-order valence-corrected chi connectivity index (χ2v) is 6.44. The average molecular weight is 277 g/mol. The third kappa shape index (κ3) is 3.25. The molecule has 0 aromatic carbocycles. The van der Waals surface area contributed by atoms with E-state index in [0.717, 1.165) is 18.2 Å². The van der Waals surface area contributed by atoms with Crippen LogP contribution in [0.5, 0.6) is 0 Å². The van der Waals surface area contributed by atoms with Gasteiger partial charge in [-0.3, -0.25) is 9.80 Å². The first kappa shape index (κ1) is 14.1. The van der Waals surface area contributed by atoms with E-state index < -0.39 is 0 Å². The number of nitrogens with two attached hydrogens (primary N) is 1. The van der Waals surface area contributed by atoms with Crippen molar-refractivity contribution in [3.8, 4) is 0 Å². The van der Waals surface area contributed by atoms with Crippen LogP contribution in [0.1, 0.15) is 31.9 Å². The fourth-order valence-corrected chi connectivity index (χ4v) is 3.60. The number of furan rings is 1. The van der Waals surface area contributed by atoms with Gasteiger partial charge in [0.15, 0.2) is 0 Å². The molecule has 2 fully saturated rings. The lowest BCUT2D eigenvalue weighted by atomic mass is 10.0. The van der Waals surface area contributed by atoms with Gasteiger partial charge < -0.3 is 10.2 Å². The second kappa shape index (κ2) is 6.29. The van der Waals surface area contributed by atoms with E-state index in [1.165, 1.54) is 45.4 Å². The Bertz CT molecular complexity index is 398. The third-order valence-electron chi connectivity index (χ3n) is 4.99. The molecule has 4 nitrogen and oxygen atoms in total. The van der Waals surface area contributed by atoms with Crippen molar-refractivity contribution in [3.63, 3.8) is 0 Å². The molecule has 0 bridgehead atoms. The van der Waals surface area contributed by atoms with Crippen LogP contribution in [0.3, 0.4) is 0 Å². The molecule has 2 N–H and O–H groups in total. The second-order valence-electron chi connectivity index (χ2n) is 6.44. The van der Waals surface area contributed by atoms with Gasteiger partial charge in [-0.15, -0.1) is 0 Å². The zero-order chi connectivity index (χ0) is 13.9. The predicted molar refractivity (Wildman–Crippen MR) is 80.6 cm³/mol. The molecule has 20 heavy (non-hydrogen) atoms. The van der Waals surface area contributed by atoms with Crippen LogP contribution in [0.15, 0.2) is 22.8 Å². The Morgan fingerprint density at radius 1 is 1.30 bits per heavy atom. The van der Waals surface area contributed by atoms with E-state index in [9.17, 15) is 0 Å². The zero-order valence-electron chi connectivity index (χ0n) is 12.5. The lowest BCUT2D eigenvalue weighted by Crippen LogP contribution is -2.46. The number of nitrogens with zero attached hydrogens (tertiary/aromatic N) is 2. The average Bonchev–Trinajstić information content (AvgIpc) is 3.10. The number of rotatable bonds is 4. The SMILES string of the molecule is CC(Cc1ccco1)N1CCC(N2CCC(N)CC2)C1. The molecule has 0 amide bonds. The Kier molecular flexibility index (Phi) is 4.44. The van der Waals surface area contributed by atoms with Gasteiger partial charge in [0, 0.05) is 37.6 Å². The lowest BCUT2D eigenvalue weighted by Gasteiger charge is -2.35. The van der Waals surface area contributed by atoms with Crippen molar-refractivity contribution in [2.75, 3.05) is 26.2 Å². The quantitative estimate of drug-likeness (QED) is 0.910. The van der Waals surface area contributed by atoms with Crippen LogP contribution in [0.4, 0.5) is 0 Å². The van der Waals surface area contributed by atoms with Crippen molar-refractivity contribution >= 4 is 0 Å². The molecule has 1 aromatic heterocycles. The van der Waals surface area contributed by atoms with E-state index in [1.807, 2.05) is 6.07 Å². The normalized spacial score (nSPS) is 28.0. The van der Waals surface area contributed by atoms with Gasteiger partial charge in [0.1, 0.15) is 5.76 Å². The molecule has 0 radical (unpaired) electrons. The number of hydrogen-bond donors (Lipinski definition) is 1. The summed E-state index contributed by atoms with van der Waals surface area (Å²) >= 11 is 0. The van der Waals surface area contributed by atoms with E-state index in [0.29, 0.717) is 12.1 Å². The predicted octanol–water partition coefficient (Wildman–Crippen LogP) is 1.71. The minimum absolute atomic E-state index is 0.432. The van der Waals surface area contributed by atoms with E-state index in [-0.39, 0.29) is 0 Å². The van der Waals surface area contributed by atoms with E-state index in [4.69, 9.17) is 10.2 Å². The summed E-state index contributed by atoms with van der Waals surface area (Å²) in [5, 5.41) is 0. The van der Waals surface area contributed by atoms with Crippen LogP contribution in [0, 0.1) is 0 Å². The molecule has 3 heterocycles. The Hall–Kier alpha value is -0.840. The van der Waals surface area contributed by atoms with Gasteiger partial charge in [-0.05, 0) is 51.4 Å². The van der Waals surface area contributed by atoms with Gasteiger partial charge in [0.05, 0.1) is 6.26 Å². The summed E-state index contributed by atoms with van der Waals surface area (Å²) in [4.78, 5) is 5.27. The highest BCUT2D eigenvalue weighted by molar-refractivity contribution is 5.01. The highest BCUT2D eigenvalue weighted by Crippen LogP contribution is 2.22. The maximum Gasteiger partial charge on any atom is 0.105 e. The maximum atomic E-state index is 6.00. The summed E-state index contributed by atoms with van der Waals surface area (Å²) in [7, 11) is 0. The lowest BCUT2D eigenvalue weighted by molar-refractivity contribution is 0.145. The van der Waals surface area contributed by atoms with Crippen molar-refractivity contribution in [2.24, 2.45) is 5.73 Å². The summed E-state index contributed by atoms with van der Waals surface area (Å²) in [5.41, 5.74) is 6.00. The van der Waals surface area contributed by atoms with Crippen molar-refractivity contribution in [1.82, 2.24) is 9.80 Å². The molecule has 112 valence electrons. The van der Waals surface area contributed by atoms with Crippen molar-refractivity contribution in [3.05, 3.63) is 24.2 Å².